The fourth-order valence-corrected chi connectivity index (χ4v) is 3.18. The number of carbonyl (C=O) groups excluding carboxylic acids is 1. The summed E-state index contributed by atoms with van der Waals surface area (Å²) in [4.78, 5) is 14.7. The Morgan fingerprint density at radius 2 is 2.04 bits per heavy atom. The van der Waals surface area contributed by atoms with E-state index in [0.717, 1.165) is 12.0 Å². The summed E-state index contributed by atoms with van der Waals surface area (Å²) >= 11 is 6.19. The largest absolute Gasteiger partial charge is 0.451 e. The van der Waals surface area contributed by atoms with Crippen molar-refractivity contribution in [2.45, 2.75) is 32.4 Å². The normalized spacial score (nSPS) is 17.7. The average molecular weight is 334 g/mol. The van der Waals surface area contributed by atoms with Gasteiger partial charge in [0.2, 0.25) is 0 Å². The third kappa shape index (κ3) is 3.28. The zero-order valence-electron chi connectivity index (χ0n) is 13.3. The third-order valence-corrected chi connectivity index (χ3v) is 4.38. The minimum absolute atomic E-state index is 0.0862. The van der Waals surface area contributed by atoms with E-state index in [9.17, 15) is 4.79 Å². The van der Waals surface area contributed by atoms with E-state index in [4.69, 9.17) is 20.8 Å². The fraction of sp³-hybridized carbons (Fsp3) is 0.389. The van der Waals surface area contributed by atoms with Crippen molar-refractivity contribution in [1.29, 1.82) is 0 Å². The van der Waals surface area contributed by atoms with Gasteiger partial charge >= 0.3 is 0 Å². The van der Waals surface area contributed by atoms with Gasteiger partial charge in [0.15, 0.2) is 5.76 Å². The number of furan rings is 1. The molecule has 1 aromatic heterocycles. The van der Waals surface area contributed by atoms with E-state index in [0.29, 0.717) is 29.8 Å². The molecule has 5 heteroatoms. The molecule has 0 spiro atoms. The molecule has 2 heterocycles. The molecule has 0 radical (unpaired) electrons. The second-order valence-corrected chi connectivity index (χ2v) is 6.37. The van der Waals surface area contributed by atoms with E-state index in [1.54, 1.807) is 18.2 Å². The summed E-state index contributed by atoms with van der Waals surface area (Å²) in [6.45, 7) is 5.30. The second-order valence-electron chi connectivity index (χ2n) is 5.97. The highest BCUT2D eigenvalue weighted by molar-refractivity contribution is 6.33. The molecule has 1 fully saturated rings. The van der Waals surface area contributed by atoms with Crippen LogP contribution in [0.25, 0.3) is 11.3 Å². The van der Waals surface area contributed by atoms with Crippen molar-refractivity contribution < 1.29 is 13.9 Å². The standard InChI is InChI=1S/C18H20ClNO3/c1-12(2)20(13-9-10-22-11-13)18(21)17-8-7-16(23-17)14-5-3-4-6-15(14)19/h3-8,12-13H,9-11H2,1-2H3/t13-/m0/s1. The zero-order valence-corrected chi connectivity index (χ0v) is 14.0. The maximum absolute atomic E-state index is 12.8. The summed E-state index contributed by atoms with van der Waals surface area (Å²) in [6, 6.07) is 11.1. The van der Waals surface area contributed by atoms with Crippen molar-refractivity contribution in [2.24, 2.45) is 0 Å². The number of hydrogen-bond donors (Lipinski definition) is 0. The monoisotopic (exact) mass is 333 g/mol. The molecule has 1 aliphatic rings. The predicted octanol–water partition coefficient (Wildman–Crippen LogP) is 4.24. The van der Waals surface area contributed by atoms with Crippen molar-refractivity contribution >= 4 is 17.5 Å². The first-order valence-corrected chi connectivity index (χ1v) is 8.21. The number of hydrogen-bond acceptors (Lipinski definition) is 3. The van der Waals surface area contributed by atoms with Gasteiger partial charge in [0, 0.05) is 18.2 Å². The van der Waals surface area contributed by atoms with Crippen LogP contribution >= 0.6 is 11.6 Å². The summed E-state index contributed by atoms with van der Waals surface area (Å²) in [5.41, 5.74) is 0.786. The first kappa shape index (κ1) is 16.1. The summed E-state index contributed by atoms with van der Waals surface area (Å²) in [5, 5.41) is 0.603. The molecule has 1 amide bonds. The maximum Gasteiger partial charge on any atom is 0.290 e. The van der Waals surface area contributed by atoms with Gasteiger partial charge in [0.05, 0.1) is 17.7 Å². The van der Waals surface area contributed by atoms with Crippen LogP contribution in [0.1, 0.15) is 30.8 Å². The molecule has 0 saturated carbocycles. The first-order chi connectivity index (χ1) is 11.1. The summed E-state index contributed by atoms with van der Waals surface area (Å²) in [5.74, 6) is 0.833. The maximum atomic E-state index is 12.8. The highest BCUT2D eigenvalue weighted by Gasteiger charge is 2.31. The lowest BCUT2D eigenvalue weighted by atomic mass is 10.1. The van der Waals surface area contributed by atoms with Gasteiger partial charge in [-0.2, -0.15) is 0 Å². The van der Waals surface area contributed by atoms with E-state index in [2.05, 4.69) is 0 Å². The molecule has 1 aromatic carbocycles. The number of ether oxygens (including phenoxy) is 1. The number of rotatable bonds is 4. The van der Waals surface area contributed by atoms with Crippen molar-refractivity contribution in [2.75, 3.05) is 13.2 Å². The third-order valence-electron chi connectivity index (χ3n) is 4.05. The van der Waals surface area contributed by atoms with Gasteiger partial charge in [-0.1, -0.05) is 23.7 Å². The second kappa shape index (κ2) is 6.77. The Hall–Kier alpha value is -1.78. The van der Waals surface area contributed by atoms with Gasteiger partial charge in [-0.25, -0.2) is 0 Å². The molecule has 0 aliphatic carbocycles. The Morgan fingerprint density at radius 1 is 1.26 bits per heavy atom. The molecule has 3 rings (SSSR count). The van der Waals surface area contributed by atoms with Gasteiger partial charge in [-0.15, -0.1) is 0 Å². The minimum Gasteiger partial charge on any atom is -0.451 e. The molecule has 1 aliphatic heterocycles. The summed E-state index contributed by atoms with van der Waals surface area (Å²) < 4.78 is 11.2. The number of amides is 1. The first-order valence-electron chi connectivity index (χ1n) is 7.83. The summed E-state index contributed by atoms with van der Waals surface area (Å²) in [6.07, 6.45) is 0.863. The molecule has 23 heavy (non-hydrogen) atoms. The molecule has 0 N–H and O–H groups in total. The molecule has 1 saturated heterocycles. The van der Waals surface area contributed by atoms with Crippen molar-refractivity contribution in [1.82, 2.24) is 4.90 Å². The molecular weight excluding hydrogens is 314 g/mol. The van der Waals surface area contributed by atoms with E-state index in [1.807, 2.05) is 36.9 Å². The lowest BCUT2D eigenvalue weighted by molar-refractivity contribution is 0.0550. The number of carbonyl (C=O) groups is 1. The number of nitrogens with zero attached hydrogens (tertiary/aromatic N) is 1. The van der Waals surface area contributed by atoms with Crippen LogP contribution in [-0.2, 0) is 4.74 Å². The Balaban J connectivity index is 1.86. The van der Waals surface area contributed by atoms with Crippen LogP contribution in [0.2, 0.25) is 5.02 Å². The lowest BCUT2D eigenvalue weighted by Crippen LogP contribution is -2.45. The van der Waals surface area contributed by atoms with Gasteiger partial charge in [-0.3, -0.25) is 4.79 Å². The lowest BCUT2D eigenvalue weighted by Gasteiger charge is -2.31. The number of benzene rings is 1. The highest BCUT2D eigenvalue weighted by Crippen LogP contribution is 2.30. The zero-order chi connectivity index (χ0) is 16.4. The molecule has 0 bridgehead atoms. The van der Waals surface area contributed by atoms with E-state index < -0.39 is 0 Å². The Bertz CT molecular complexity index is 689. The Kier molecular flexibility index (Phi) is 4.74. The van der Waals surface area contributed by atoms with Gasteiger partial charge in [-0.05, 0) is 44.5 Å². The van der Waals surface area contributed by atoms with Gasteiger partial charge in [0.1, 0.15) is 5.76 Å². The van der Waals surface area contributed by atoms with E-state index in [1.165, 1.54) is 0 Å². The van der Waals surface area contributed by atoms with Crippen LogP contribution in [0.4, 0.5) is 0 Å². The topological polar surface area (TPSA) is 42.7 Å². The van der Waals surface area contributed by atoms with Crippen LogP contribution in [0.5, 0.6) is 0 Å². The van der Waals surface area contributed by atoms with Gasteiger partial charge < -0.3 is 14.1 Å². The molecule has 122 valence electrons. The molecule has 1 atom stereocenters. The van der Waals surface area contributed by atoms with Crippen LogP contribution in [0.15, 0.2) is 40.8 Å². The van der Waals surface area contributed by atoms with E-state index in [-0.39, 0.29) is 18.0 Å². The van der Waals surface area contributed by atoms with Crippen molar-refractivity contribution in [3.05, 3.63) is 47.2 Å². The Morgan fingerprint density at radius 3 is 2.70 bits per heavy atom. The fourth-order valence-electron chi connectivity index (χ4n) is 2.95. The van der Waals surface area contributed by atoms with Crippen LogP contribution in [0.3, 0.4) is 0 Å². The summed E-state index contributed by atoms with van der Waals surface area (Å²) in [7, 11) is 0. The molecule has 0 unspecified atom stereocenters. The molecule has 4 nitrogen and oxygen atoms in total. The smallest absolute Gasteiger partial charge is 0.290 e. The SMILES string of the molecule is CC(C)N(C(=O)c1ccc(-c2ccccc2Cl)o1)[C@H]1CCOC1. The highest BCUT2D eigenvalue weighted by atomic mass is 35.5. The van der Waals surface area contributed by atoms with Crippen LogP contribution < -0.4 is 0 Å². The number of halogens is 1. The average Bonchev–Trinajstić information content (AvgIpc) is 3.18. The van der Waals surface area contributed by atoms with Crippen LogP contribution in [-0.4, -0.2) is 36.1 Å². The Labute approximate surface area is 141 Å². The van der Waals surface area contributed by atoms with E-state index >= 15 is 0 Å². The van der Waals surface area contributed by atoms with Crippen molar-refractivity contribution in [3.63, 3.8) is 0 Å². The molecular formula is C18H20ClNO3. The quantitative estimate of drug-likeness (QED) is 0.840. The predicted molar refractivity (Wildman–Crippen MR) is 89.7 cm³/mol. The van der Waals surface area contributed by atoms with Crippen LogP contribution in [0, 0.1) is 0 Å². The minimum atomic E-state index is -0.103. The molecule has 2 aromatic rings. The van der Waals surface area contributed by atoms with Gasteiger partial charge in [0.25, 0.3) is 5.91 Å². The van der Waals surface area contributed by atoms with Crippen molar-refractivity contribution in [3.8, 4) is 11.3 Å².